The van der Waals surface area contributed by atoms with Crippen molar-refractivity contribution in [2.75, 3.05) is 19.7 Å². The van der Waals surface area contributed by atoms with E-state index in [2.05, 4.69) is 48.7 Å². The molecule has 1 aliphatic carbocycles. The van der Waals surface area contributed by atoms with Gasteiger partial charge in [-0.3, -0.25) is 9.79 Å². The number of aryl methyl sites for hydroxylation is 1. The maximum absolute atomic E-state index is 11.8. The summed E-state index contributed by atoms with van der Waals surface area (Å²) < 4.78 is 5.14. The molecule has 1 aromatic rings. The molecular formula is C21H33N3O2. The van der Waals surface area contributed by atoms with Gasteiger partial charge in [0.25, 0.3) is 0 Å². The fraction of sp³-hybridized carbons (Fsp3) is 0.619. The minimum absolute atomic E-state index is 0.0374. The van der Waals surface area contributed by atoms with Crippen LogP contribution in [0.2, 0.25) is 0 Å². The van der Waals surface area contributed by atoms with Crippen LogP contribution in [0, 0.1) is 12.8 Å². The Kier molecular flexibility index (Phi) is 8.45. The summed E-state index contributed by atoms with van der Waals surface area (Å²) in [4.78, 5) is 16.6. The van der Waals surface area contributed by atoms with Crippen molar-refractivity contribution < 1.29 is 9.53 Å². The van der Waals surface area contributed by atoms with Crippen LogP contribution in [0.4, 0.5) is 0 Å². The minimum atomic E-state index is -0.0374. The highest BCUT2D eigenvalue weighted by Gasteiger charge is 2.27. The Labute approximate surface area is 157 Å². The molecule has 5 heteroatoms. The number of carbonyl (C=O) groups is 1. The first-order valence-electron chi connectivity index (χ1n) is 9.89. The van der Waals surface area contributed by atoms with Crippen molar-refractivity contribution in [3.63, 3.8) is 0 Å². The van der Waals surface area contributed by atoms with Crippen molar-refractivity contribution in [3.8, 4) is 0 Å². The van der Waals surface area contributed by atoms with E-state index in [1.807, 2.05) is 6.92 Å². The van der Waals surface area contributed by atoms with Gasteiger partial charge in [0.15, 0.2) is 5.96 Å². The average Bonchev–Trinajstić information content (AvgIpc) is 2.64. The third-order valence-corrected chi connectivity index (χ3v) is 4.82. The van der Waals surface area contributed by atoms with Crippen molar-refractivity contribution in [1.29, 1.82) is 0 Å². The number of hydrogen-bond acceptors (Lipinski definition) is 3. The number of rotatable bonds is 7. The first-order valence-corrected chi connectivity index (χ1v) is 9.89. The summed E-state index contributed by atoms with van der Waals surface area (Å²) in [6.45, 7) is 8.11. The summed E-state index contributed by atoms with van der Waals surface area (Å²) in [5.41, 5.74) is 2.59. The number of carbonyl (C=O) groups excluding carboxylic acids is 1. The molecule has 0 aliphatic heterocycles. The number of aliphatic imine (C=N–C) groups is 1. The van der Waals surface area contributed by atoms with Crippen LogP contribution in [-0.4, -0.2) is 37.7 Å². The van der Waals surface area contributed by atoms with Gasteiger partial charge in [0.05, 0.1) is 12.5 Å². The first-order chi connectivity index (χ1) is 12.6. The molecule has 1 fully saturated rings. The highest BCUT2D eigenvalue weighted by molar-refractivity contribution is 5.80. The van der Waals surface area contributed by atoms with Crippen LogP contribution in [0.1, 0.15) is 50.7 Å². The van der Waals surface area contributed by atoms with Crippen molar-refractivity contribution >= 4 is 11.9 Å². The van der Waals surface area contributed by atoms with Gasteiger partial charge in [0.1, 0.15) is 0 Å². The lowest BCUT2D eigenvalue weighted by atomic mass is 9.86. The molecule has 1 aliphatic rings. The van der Waals surface area contributed by atoms with E-state index in [1.165, 1.54) is 11.1 Å². The highest BCUT2D eigenvalue weighted by Crippen LogP contribution is 2.25. The molecule has 0 atom stereocenters. The maximum atomic E-state index is 11.8. The molecule has 0 bridgehead atoms. The molecule has 2 rings (SSSR count). The van der Waals surface area contributed by atoms with Gasteiger partial charge in [-0.15, -0.1) is 0 Å². The third-order valence-electron chi connectivity index (χ3n) is 4.82. The number of ether oxygens (including phenoxy) is 1. The maximum Gasteiger partial charge on any atom is 0.308 e. The van der Waals surface area contributed by atoms with E-state index in [0.29, 0.717) is 12.6 Å². The largest absolute Gasteiger partial charge is 0.466 e. The van der Waals surface area contributed by atoms with Gasteiger partial charge in [-0.1, -0.05) is 29.8 Å². The number of nitrogens with zero attached hydrogens (tertiary/aromatic N) is 1. The fourth-order valence-electron chi connectivity index (χ4n) is 3.30. The summed E-state index contributed by atoms with van der Waals surface area (Å²) in [5.74, 6) is 0.901. The lowest BCUT2D eigenvalue weighted by Gasteiger charge is -2.29. The summed E-state index contributed by atoms with van der Waals surface area (Å²) in [6.07, 6.45) is 4.67. The van der Waals surface area contributed by atoms with Crippen molar-refractivity contribution in [2.24, 2.45) is 10.9 Å². The van der Waals surface area contributed by atoms with Gasteiger partial charge in [-0.2, -0.15) is 0 Å². The fourth-order valence-corrected chi connectivity index (χ4v) is 3.30. The number of hydrogen-bond donors (Lipinski definition) is 2. The molecule has 26 heavy (non-hydrogen) atoms. The van der Waals surface area contributed by atoms with Crippen LogP contribution < -0.4 is 10.6 Å². The average molecular weight is 360 g/mol. The van der Waals surface area contributed by atoms with Gasteiger partial charge < -0.3 is 15.4 Å². The quantitative estimate of drug-likeness (QED) is 0.446. The monoisotopic (exact) mass is 359 g/mol. The second-order valence-electron chi connectivity index (χ2n) is 6.94. The number of guanidine groups is 1. The van der Waals surface area contributed by atoms with Crippen LogP contribution in [0.15, 0.2) is 29.3 Å². The number of nitrogens with one attached hydrogen (secondary N) is 2. The Bertz CT molecular complexity index is 575. The van der Waals surface area contributed by atoms with Crippen LogP contribution >= 0.6 is 0 Å². The second-order valence-corrected chi connectivity index (χ2v) is 6.94. The predicted octanol–water partition coefficient (Wildman–Crippen LogP) is 3.21. The van der Waals surface area contributed by atoms with E-state index >= 15 is 0 Å². The van der Waals surface area contributed by atoms with E-state index in [-0.39, 0.29) is 11.9 Å². The molecule has 0 spiro atoms. The van der Waals surface area contributed by atoms with Gasteiger partial charge in [0.2, 0.25) is 0 Å². The molecule has 0 heterocycles. The van der Waals surface area contributed by atoms with Crippen molar-refractivity contribution in [1.82, 2.24) is 10.6 Å². The second kappa shape index (κ2) is 10.8. The minimum Gasteiger partial charge on any atom is -0.466 e. The zero-order valence-electron chi connectivity index (χ0n) is 16.4. The zero-order chi connectivity index (χ0) is 18.8. The van der Waals surface area contributed by atoms with Gasteiger partial charge in [0, 0.05) is 19.1 Å². The first kappa shape index (κ1) is 20.3. The highest BCUT2D eigenvalue weighted by atomic mass is 16.5. The summed E-state index contributed by atoms with van der Waals surface area (Å²) in [5, 5.41) is 6.86. The summed E-state index contributed by atoms with van der Waals surface area (Å²) in [7, 11) is 0. The van der Waals surface area contributed by atoms with E-state index in [0.717, 1.165) is 51.2 Å². The number of esters is 1. The van der Waals surface area contributed by atoms with Gasteiger partial charge in [-0.25, -0.2) is 0 Å². The van der Waals surface area contributed by atoms with Gasteiger partial charge >= 0.3 is 5.97 Å². The Morgan fingerprint density at radius 1 is 1.15 bits per heavy atom. The molecule has 5 nitrogen and oxygen atoms in total. The summed E-state index contributed by atoms with van der Waals surface area (Å²) in [6, 6.07) is 9.00. The number of benzene rings is 1. The van der Waals surface area contributed by atoms with Crippen LogP contribution in [0.3, 0.4) is 0 Å². The molecule has 2 N–H and O–H groups in total. The van der Waals surface area contributed by atoms with Crippen LogP contribution in [-0.2, 0) is 16.0 Å². The molecular weight excluding hydrogens is 326 g/mol. The third kappa shape index (κ3) is 6.70. The van der Waals surface area contributed by atoms with Crippen LogP contribution in [0.25, 0.3) is 0 Å². The molecule has 0 aromatic heterocycles. The molecule has 1 aromatic carbocycles. The lowest BCUT2D eigenvalue weighted by Crippen LogP contribution is -2.45. The lowest BCUT2D eigenvalue weighted by molar-refractivity contribution is -0.149. The van der Waals surface area contributed by atoms with E-state index < -0.39 is 0 Å². The smallest absolute Gasteiger partial charge is 0.308 e. The zero-order valence-corrected chi connectivity index (χ0v) is 16.4. The molecule has 0 amide bonds. The van der Waals surface area contributed by atoms with E-state index in [9.17, 15) is 4.79 Å². The van der Waals surface area contributed by atoms with Crippen molar-refractivity contribution in [2.45, 2.75) is 58.9 Å². The Balaban J connectivity index is 1.80. The normalized spacial score (nSPS) is 20.5. The summed E-state index contributed by atoms with van der Waals surface area (Å²) >= 11 is 0. The molecule has 144 valence electrons. The van der Waals surface area contributed by atoms with Crippen LogP contribution in [0.5, 0.6) is 0 Å². The Morgan fingerprint density at radius 3 is 2.46 bits per heavy atom. The predicted molar refractivity (Wildman–Crippen MR) is 106 cm³/mol. The topological polar surface area (TPSA) is 62.7 Å². The Hall–Kier alpha value is -2.04. The van der Waals surface area contributed by atoms with Gasteiger partial charge in [-0.05, 0) is 58.4 Å². The molecule has 0 unspecified atom stereocenters. The SMILES string of the molecule is CCNC(=NCCc1ccc(C)cc1)NC1CCC(C(=O)OCC)CC1. The standard InChI is InChI=1S/C21H33N3O2/c1-4-22-21(23-15-14-17-8-6-16(3)7-9-17)24-19-12-10-18(11-13-19)20(25)26-5-2/h6-9,18-19H,4-5,10-15H2,1-3H3,(H2,22,23,24). The van der Waals surface area contributed by atoms with E-state index in [1.54, 1.807) is 0 Å². The van der Waals surface area contributed by atoms with Crippen molar-refractivity contribution in [3.05, 3.63) is 35.4 Å². The molecule has 0 saturated heterocycles. The molecule has 0 radical (unpaired) electrons. The van der Waals surface area contributed by atoms with E-state index in [4.69, 9.17) is 9.73 Å². The molecule has 1 saturated carbocycles. The Morgan fingerprint density at radius 2 is 1.85 bits per heavy atom.